The molecule has 1 heterocycles. The van der Waals surface area contributed by atoms with E-state index in [0.29, 0.717) is 12.7 Å². The summed E-state index contributed by atoms with van der Waals surface area (Å²) in [6.07, 6.45) is 0.975. The Bertz CT molecular complexity index is 731. The zero-order chi connectivity index (χ0) is 18.9. The number of guanidine groups is 1. The predicted octanol–water partition coefficient (Wildman–Crippen LogP) is -0.918. The van der Waals surface area contributed by atoms with Gasteiger partial charge in [-0.1, -0.05) is 11.5 Å². The van der Waals surface area contributed by atoms with Crippen LogP contribution in [0.3, 0.4) is 0 Å². The van der Waals surface area contributed by atoms with Crippen LogP contribution < -0.4 is 16.5 Å². The predicted molar refractivity (Wildman–Crippen MR) is 90.2 cm³/mol. The van der Waals surface area contributed by atoms with Crippen LogP contribution in [0, 0.1) is 10.1 Å². The van der Waals surface area contributed by atoms with Gasteiger partial charge < -0.3 is 15.8 Å². The lowest BCUT2D eigenvalue weighted by molar-refractivity contribution is -0.525. The molecule has 1 amide bonds. The second-order valence-corrected chi connectivity index (χ2v) is 7.94. The van der Waals surface area contributed by atoms with Crippen molar-refractivity contribution in [1.82, 2.24) is 10.7 Å². The van der Waals surface area contributed by atoms with Crippen molar-refractivity contribution in [2.45, 2.75) is 23.1 Å². The number of aliphatic imine (C=N–C) groups is 1. The van der Waals surface area contributed by atoms with Crippen LogP contribution in [0.2, 0.25) is 0 Å². The first kappa shape index (κ1) is 20.5. The molecule has 1 aromatic heterocycles. The molecule has 0 aromatic carbocycles. The molecule has 0 radical (unpaired) electrons. The van der Waals surface area contributed by atoms with Crippen molar-refractivity contribution < 1.29 is 23.0 Å². The molecule has 1 rings (SSSR count). The third-order valence-corrected chi connectivity index (χ3v) is 5.90. The third kappa shape index (κ3) is 7.71. The quantitative estimate of drug-likeness (QED) is 0.115. The van der Waals surface area contributed by atoms with E-state index in [-0.39, 0.29) is 23.1 Å². The van der Waals surface area contributed by atoms with E-state index in [1.807, 2.05) is 0 Å². The number of rotatable bonds is 10. The minimum atomic E-state index is -3.74. The lowest BCUT2D eigenvalue weighted by atomic mass is 10.2. The highest BCUT2D eigenvalue weighted by atomic mass is 32.2. The van der Waals surface area contributed by atoms with E-state index < -0.39 is 32.6 Å². The van der Waals surface area contributed by atoms with Crippen LogP contribution in [0.1, 0.15) is 12.8 Å². The number of sulfone groups is 1. The highest BCUT2D eigenvalue weighted by Crippen LogP contribution is 2.17. The first-order valence-corrected chi connectivity index (χ1v) is 9.49. The van der Waals surface area contributed by atoms with Gasteiger partial charge in [0.2, 0.25) is 5.91 Å². The summed E-state index contributed by atoms with van der Waals surface area (Å²) in [5.74, 6) is -1.92. The molecule has 0 saturated carbocycles. The van der Waals surface area contributed by atoms with Crippen molar-refractivity contribution in [3.05, 3.63) is 27.6 Å². The van der Waals surface area contributed by atoms with E-state index in [1.54, 1.807) is 16.9 Å². The van der Waals surface area contributed by atoms with Crippen molar-refractivity contribution in [2.75, 3.05) is 12.3 Å². The standard InChI is InChI=1S/C12H17N5O6S2/c13-12(16-17(20)21)14-5-1-3-9(7-18)15-10(19)8-25(22,23)11-4-2-6-24-11/h2,4,6-7,9H,1,3,5,8H2,(H,15,19)(H3,13,14,16). The van der Waals surface area contributed by atoms with Crippen molar-refractivity contribution in [1.29, 1.82) is 0 Å². The van der Waals surface area contributed by atoms with Gasteiger partial charge in [0.05, 0.1) is 6.04 Å². The molecule has 4 N–H and O–H groups in total. The average molecular weight is 391 g/mol. The molecule has 1 atom stereocenters. The lowest BCUT2D eigenvalue weighted by Gasteiger charge is -2.12. The fraction of sp³-hybridized carbons (Fsp3) is 0.417. The summed E-state index contributed by atoms with van der Waals surface area (Å²) in [6, 6.07) is 2.07. The first-order valence-electron chi connectivity index (χ1n) is 6.96. The van der Waals surface area contributed by atoms with Gasteiger partial charge >= 0.3 is 0 Å². The van der Waals surface area contributed by atoms with E-state index >= 15 is 0 Å². The van der Waals surface area contributed by atoms with Gasteiger partial charge in [-0.2, -0.15) is 0 Å². The number of nitro groups is 1. The van der Waals surface area contributed by atoms with Gasteiger partial charge in [0.25, 0.3) is 5.96 Å². The van der Waals surface area contributed by atoms with Gasteiger partial charge in [-0.25, -0.2) is 23.5 Å². The average Bonchev–Trinajstić information content (AvgIpc) is 3.04. The highest BCUT2D eigenvalue weighted by Gasteiger charge is 2.22. The molecule has 138 valence electrons. The molecular formula is C12H17N5O6S2. The number of hydrogen-bond donors (Lipinski definition) is 3. The van der Waals surface area contributed by atoms with E-state index in [9.17, 15) is 28.1 Å². The monoisotopic (exact) mass is 391 g/mol. The van der Waals surface area contributed by atoms with Crippen LogP contribution in [0.15, 0.2) is 26.7 Å². The minimum Gasteiger partial charge on any atom is -0.365 e. The topological polar surface area (TPSA) is 174 Å². The van der Waals surface area contributed by atoms with E-state index in [0.717, 1.165) is 11.3 Å². The van der Waals surface area contributed by atoms with Gasteiger partial charge in [0.1, 0.15) is 16.2 Å². The summed E-state index contributed by atoms with van der Waals surface area (Å²) < 4.78 is 24.0. The lowest BCUT2D eigenvalue weighted by Crippen LogP contribution is -2.39. The number of aldehydes is 1. The number of hydrogen-bond acceptors (Lipinski definition) is 8. The number of carbonyl (C=O) groups excluding carboxylic acids is 2. The van der Waals surface area contributed by atoms with Crippen LogP contribution in [0.25, 0.3) is 0 Å². The van der Waals surface area contributed by atoms with Crippen LogP contribution in [-0.2, 0) is 19.4 Å². The van der Waals surface area contributed by atoms with Gasteiger partial charge in [-0.15, -0.1) is 11.3 Å². The molecule has 0 aliphatic rings. The Morgan fingerprint density at radius 1 is 1.52 bits per heavy atom. The normalized spacial score (nSPS) is 13.0. The Hall–Kier alpha value is -2.54. The molecule has 1 unspecified atom stereocenters. The van der Waals surface area contributed by atoms with Crippen molar-refractivity contribution in [3.63, 3.8) is 0 Å². The van der Waals surface area contributed by atoms with Gasteiger partial charge in [0.15, 0.2) is 14.9 Å². The van der Waals surface area contributed by atoms with Gasteiger partial charge in [-0.3, -0.25) is 4.79 Å². The largest absolute Gasteiger partial charge is 0.365 e. The maximum Gasteiger partial charge on any atom is 0.251 e. The summed E-state index contributed by atoms with van der Waals surface area (Å²) in [6.45, 7) is 0.0976. The highest BCUT2D eigenvalue weighted by molar-refractivity contribution is 7.94. The summed E-state index contributed by atoms with van der Waals surface area (Å²) in [5.41, 5.74) is 6.87. The third-order valence-electron chi connectivity index (χ3n) is 2.79. The fourth-order valence-electron chi connectivity index (χ4n) is 1.75. The summed E-state index contributed by atoms with van der Waals surface area (Å²) in [5, 5.41) is 13.2. The molecule has 0 fully saturated rings. The van der Waals surface area contributed by atoms with E-state index in [4.69, 9.17) is 5.73 Å². The van der Waals surface area contributed by atoms with Gasteiger partial charge in [-0.05, 0) is 24.3 Å². The molecule has 13 heteroatoms. The number of nitrogens with two attached hydrogens (primary N) is 1. The Balaban J connectivity index is 2.44. The first-order chi connectivity index (χ1) is 11.7. The zero-order valence-corrected chi connectivity index (χ0v) is 14.6. The smallest absolute Gasteiger partial charge is 0.251 e. The summed E-state index contributed by atoms with van der Waals surface area (Å²) >= 11 is 1.00. The number of hydrazine groups is 1. The number of nitrogens with one attached hydrogen (secondary N) is 2. The van der Waals surface area contributed by atoms with Gasteiger partial charge in [0, 0.05) is 6.54 Å². The van der Waals surface area contributed by atoms with Crippen molar-refractivity contribution in [2.24, 2.45) is 10.7 Å². The maximum absolute atomic E-state index is 12.0. The van der Waals surface area contributed by atoms with Crippen LogP contribution >= 0.6 is 11.3 Å². The number of thiophene rings is 1. The minimum absolute atomic E-state index is 0.0772. The second kappa shape index (κ2) is 9.68. The fourth-order valence-corrected chi connectivity index (χ4v) is 3.98. The molecule has 1 aromatic rings. The van der Waals surface area contributed by atoms with Crippen molar-refractivity contribution in [3.8, 4) is 0 Å². The Kier molecular flexibility index (Phi) is 7.94. The molecule has 11 nitrogen and oxygen atoms in total. The maximum atomic E-state index is 12.0. The number of amides is 1. The van der Waals surface area contributed by atoms with E-state index in [2.05, 4.69) is 10.3 Å². The summed E-state index contributed by atoms with van der Waals surface area (Å²) in [4.78, 5) is 36.6. The Labute approximate surface area is 147 Å². The SMILES string of the molecule is NC(=NCCCC(C=O)NC(=O)CS(=O)(=O)c1cccs1)N[N+](=O)[O-]. The molecular weight excluding hydrogens is 374 g/mol. The van der Waals surface area contributed by atoms with Crippen LogP contribution in [0.4, 0.5) is 0 Å². The number of nitrogens with zero attached hydrogens (tertiary/aromatic N) is 2. The molecule has 0 bridgehead atoms. The summed E-state index contributed by atoms with van der Waals surface area (Å²) in [7, 11) is -3.74. The van der Waals surface area contributed by atoms with E-state index in [1.165, 1.54) is 6.07 Å². The Morgan fingerprint density at radius 2 is 2.24 bits per heavy atom. The van der Waals surface area contributed by atoms with Crippen molar-refractivity contribution >= 4 is 39.3 Å². The van der Waals surface area contributed by atoms with Crippen LogP contribution in [-0.4, -0.2) is 49.9 Å². The molecule has 25 heavy (non-hydrogen) atoms. The molecule has 0 aliphatic heterocycles. The molecule has 0 saturated heterocycles. The Morgan fingerprint density at radius 3 is 2.80 bits per heavy atom. The number of carbonyl (C=O) groups is 2. The van der Waals surface area contributed by atoms with Crippen LogP contribution in [0.5, 0.6) is 0 Å². The zero-order valence-electron chi connectivity index (χ0n) is 13.0. The molecule has 0 aliphatic carbocycles. The second-order valence-electron chi connectivity index (χ2n) is 4.78. The molecule has 0 spiro atoms.